The van der Waals surface area contributed by atoms with Crippen molar-refractivity contribution < 1.29 is 23.1 Å². The van der Waals surface area contributed by atoms with E-state index >= 15 is 0 Å². The molecule has 3 nitrogen and oxygen atoms in total. The molecule has 24 heavy (non-hydrogen) atoms. The number of nitrogens with one attached hydrogen (secondary N) is 1. The SMILES string of the molecule is C[C@@H](Cc1c(-c2ccc(F)cc2)[nH]c2c(F)cc(F)cc12)C(=O)O. The minimum absolute atomic E-state index is 0.0882. The number of carboxylic acid groups (broad SMARTS) is 1. The van der Waals surface area contributed by atoms with E-state index in [4.69, 9.17) is 5.11 Å². The molecule has 1 heterocycles. The highest BCUT2D eigenvalue weighted by atomic mass is 19.1. The van der Waals surface area contributed by atoms with E-state index in [1.165, 1.54) is 37.3 Å². The Balaban J connectivity index is 2.24. The number of carboxylic acids is 1. The first-order chi connectivity index (χ1) is 11.4. The summed E-state index contributed by atoms with van der Waals surface area (Å²) >= 11 is 0. The standard InChI is InChI=1S/C18H14F3NO2/c1-9(18(23)24)6-13-14-7-12(20)8-15(21)17(14)22-16(13)10-2-4-11(19)5-3-10/h2-5,7-9,22H,6H2,1H3,(H,23,24)/t9-/m0/s1. The lowest BCUT2D eigenvalue weighted by atomic mass is 9.96. The predicted molar refractivity (Wildman–Crippen MR) is 84.1 cm³/mol. The highest BCUT2D eigenvalue weighted by molar-refractivity contribution is 5.91. The Labute approximate surface area is 135 Å². The van der Waals surface area contributed by atoms with E-state index in [0.29, 0.717) is 22.2 Å². The lowest BCUT2D eigenvalue weighted by Gasteiger charge is -2.09. The van der Waals surface area contributed by atoms with Crippen molar-refractivity contribution in [2.24, 2.45) is 5.92 Å². The molecule has 3 rings (SSSR count). The molecule has 1 atom stereocenters. The molecule has 0 amide bonds. The van der Waals surface area contributed by atoms with E-state index in [0.717, 1.165) is 6.07 Å². The van der Waals surface area contributed by atoms with Gasteiger partial charge in [-0.1, -0.05) is 6.92 Å². The van der Waals surface area contributed by atoms with Crippen molar-refractivity contribution >= 4 is 16.9 Å². The van der Waals surface area contributed by atoms with Gasteiger partial charge in [-0.05, 0) is 47.9 Å². The highest BCUT2D eigenvalue weighted by Gasteiger charge is 2.21. The number of halogens is 3. The van der Waals surface area contributed by atoms with Crippen LogP contribution in [0, 0.1) is 23.4 Å². The fourth-order valence-corrected chi connectivity index (χ4v) is 2.74. The van der Waals surface area contributed by atoms with Crippen LogP contribution in [0.1, 0.15) is 12.5 Å². The summed E-state index contributed by atoms with van der Waals surface area (Å²) in [5.41, 5.74) is 1.62. The average molecular weight is 333 g/mol. The molecule has 0 unspecified atom stereocenters. The normalized spacial score (nSPS) is 12.5. The Hall–Kier alpha value is -2.76. The van der Waals surface area contributed by atoms with Crippen LogP contribution in [0.4, 0.5) is 13.2 Å². The molecule has 6 heteroatoms. The first-order valence-corrected chi connectivity index (χ1v) is 7.35. The van der Waals surface area contributed by atoms with Crippen LogP contribution >= 0.6 is 0 Å². The van der Waals surface area contributed by atoms with E-state index in [2.05, 4.69) is 4.98 Å². The molecule has 2 N–H and O–H groups in total. The Morgan fingerprint density at radius 3 is 2.42 bits per heavy atom. The molecule has 0 aliphatic heterocycles. The average Bonchev–Trinajstić information content (AvgIpc) is 2.87. The second-order valence-electron chi connectivity index (χ2n) is 5.74. The number of aromatic nitrogens is 1. The molecule has 0 bridgehead atoms. The summed E-state index contributed by atoms with van der Waals surface area (Å²) in [6.07, 6.45) is 0.0882. The molecule has 0 spiro atoms. The Morgan fingerprint density at radius 1 is 1.12 bits per heavy atom. The molecule has 0 aliphatic carbocycles. The van der Waals surface area contributed by atoms with Gasteiger partial charge in [0.15, 0.2) is 0 Å². The van der Waals surface area contributed by atoms with Gasteiger partial charge >= 0.3 is 5.97 Å². The lowest BCUT2D eigenvalue weighted by molar-refractivity contribution is -0.141. The third-order valence-corrected chi connectivity index (χ3v) is 4.00. The van der Waals surface area contributed by atoms with E-state index < -0.39 is 29.3 Å². The summed E-state index contributed by atoms with van der Waals surface area (Å²) in [5, 5.41) is 9.44. The van der Waals surface area contributed by atoms with Gasteiger partial charge in [0.05, 0.1) is 11.4 Å². The topological polar surface area (TPSA) is 53.1 Å². The molecule has 0 saturated carbocycles. The molecular weight excluding hydrogens is 319 g/mol. The van der Waals surface area contributed by atoms with E-state index in [1.54, 1.807) is 0 Å². The van der Waals surface area contributed by atoms with Crippen LogP contribution in [0.25, 0.3) is 22.2 Å². The molecule has 0 fully saturated rings. The van der Waals surface area contributed by atoms with Crippen molar-refractivity contribution in [1.29, 1.82) is 0 Å². The monoisotopic (exact) mass is 333 g/mol. The summed E-state index contributed by atoms with van der Waals surface area (Å²) in [7, 11) is 0. The van der Waals surface area contributed by atoms with Crippen molar-refractivity contribution in [3.63, 3.8) is 0 Å². The van der Waals surface area contributed by atoms with Gasteiger partial charge in [0, 0.05) is 17.1 Å². The maximum atomic E-state index is 14.1. The zero-order chi connectivity index (χ0) is 17.4. The van der Waals surface area contributed by atoms with Crippen LogP contribution in [-0.4, -0.2) is 16.1 Å². The summed E-state index contributed by atoms with van der Waals surface area (Å²) in [4.78, 5) is 14.1. The zero-order valence-corrected chi connectivity index (χ0v) is 12.7. The maximum Gasteiger partial charge on any atom is 0.306 e. The number of carbonyl (C=O) groups is 1. The van der Waals surface area contributed by atoms with Crippen molar-refractivity contribution in [3.8, 4) is 11.3 Å². The number of H-pyrrole nitrogens is 1. The summed E-state index contributed by atoms with van der Waals surface area (Å²) in [6, 6.07) is 7.44. The van der Waals surface area contributed by atoms with Crippen molar-refractivity contribution in [2.75, 3.05) is 0 Å². The number of benzene rings is 2. The minimum atomic E-state index is -1.01. The molecule has 0 saturated heterocycles. The maximum absolute atomic E-state index is 14.1. The van der Waals surface area contributed by atoms with Crippen LogP contribution in [-0.2, 0) is 11.2 Å². The molecule has 124 valence electrons. The van der Waals surface area contributed by atoms with Crippen LogP contribution in [0.5, 0.6) is 0 Å². The zero-order valence-electron chi connectivity index (χ0n) is 12.7. The van der Waals surface area contributed by atoms with Crippen LogP contribution < -0.4 is 0 Å². The van der Waals surface area contributed by atoms with Crippen LogP contribution in [0.3, 0.4) is 0 Å². The quantitative estimate of drug-likeness (QED) is 0.738. The number of fused-ring (bicyclic) bond motifs is 1. The van der Waals surface area contributed by atoms with Gasteiger partial charge in [-0.2, -0.15) is 0 Å². The second-order valence-corrected chi connectivity index (χ2v) is 5.74. The largest absolute Gasteiger partial charge is 0.481 e. The van der Waals surface area contributed by atoms with Crippen molar-refractivity contribution in [3.05, 3.63) is 59.4 Å². The van der Waals surface area contributed by atoms with Crippen LogP contribution in [0.15, 0.2) is 36.4 Å². The van der Waals surface area contributed by atoms with Gasteiger partial charge in [0.2, 0.25) is 0 Å². The summed E-state index contributed by atoms with van der Waals surface area (Å²) < 4.78 is 40.8. The number of aliphatic carboxylic acids is 1. The smallest absolute Gasteiger partial charge is 0.306 e. The third kappa shape index (κ3) is 2.87. The van der Waals surface area contributed by atoms with Gasteiger partial charge in [0.25, 0.3) is 0 Å². The molecule has 2 aromatic carbocycles. The summed E-state index contributed by atoms with van der Waals surface area (Å²) in [5.74, 6) is -3.68. The number of rotatable bonds is 4. The fraction of sp³-hybridized carbons (Fsp3) is 0.167. The van der Waals surface area contributed by atoms with E-state index in [-0.39, 0.29) is 11.9 Å². The Morgan fingerprint density at radius 2 is 1.79 bits per heavy atom. The highest BCUT2D eigenvalue weighted by Crippen LogP contribution is 2.34. The van der Waals surface area contributed by atoms with E-state index in [9.17, 15) is 18.0 Å². The fourth-order valence-electron chi connectivity index (χ4n) is 2.74. The second kappa shape index (κ2) is 6.03. The van der Waals surface area contributed by atoms with E-state index in [1.807, 2.05) is 0 Å². The number of hydrogen-bond acceptors (Lipinski definition) is 1. The van der Waals surface area contributed by atoms with Gasteiger partial charge in [-0.25, -0.2) is 13.2 Å². The predicted octanol–water partition coefficient (Wildman–Crippen LogP) is 4.52. The van der Waals surface area contributed by atoms with Crippen molar-refractivity contribution in [1.82, 2.24) is 4.98 Å². The van der Waals surface area contributed by atoms with Gasteiger partial charge < -0.3 is 10.1 Å². The molecule has 1 aromatic heterocycles. The first-order valence-electron chi connectivity index (χ1n) is 7.35. The molecular formula is C18H14F3NO2. The number of hydrogen-bond donors (Lipinski definition) is 2. The van der Waals surface area contributed by atoms with Crippen molar-refractivity contribution in [2.45, 2.75) is 13.3 Å². The molecule has 3 aromatic rings. The van der Waals surface area contributed by atoms with Gasteiger partial charge in [-0.3, -0.25) is 4.79 Å². The lowest BCUT2D eigenvalue weighted by Crippen LogP contribution is -2.12. The Bertz CT molecular complexity index is 916. The summed E-state index contributed by atoms with van der Waals surface area (Å²) in [6.45, 7) is 1.52. The van der Waals surface area contributed by atoms with Gasteiger partial charge in [0.1, 0.15) is 17.5 Å². The first kappa shape index (κ1) is 16.1. The van der Waals surface area contributed by atoms with Gasteiger partial charge in [-0.15, -0.1) is 0 Å². The molecule has 0 aliphatic rings. The minimum Gasteiger partial charge on any atom is -0.481 e. The van der Waals surface area contributed by atoms with Crippen LogP contribution in [0.2, 0.25) is 0 Å². The third-order valence-electron chi connectivity index (χ3n) is 4.00. The Kier molecular flexibility index (Phi) is 4.05. The molecule has 0 radical (unpaired) electrons. The number of aromatic amines is 1.